The molecule has 0 spiro atoms. The zero-order valence-corrected chi connectivity index (χ0v) is 11.0. The van der Waals surface area contributed by atoms with Crippen LogP contribution in [0, 0.1) is 17.8 Å². The van der Waals surface area contributed by atoms with Gasteiger partial charge in [-0.25, -0.2) is 0 Å². The van der Waals surface area contributed by atoms with Gasteiger partial charge < -0.3 is 9.84 Å². The van der Waals surface area contributed by atoms with Gasteiger partial charge in [-0.1, -0.05) is 25.3 Å². The van der Waals surface area contributed by atoms with Gasteiger partial charge >= 0.3 is 5.97 Å². The number of rotatable bonds is 6. The molecule has 0 aromatic carbocycles. The largest absolute Gasteiger partial charge is 0.466 e. The molecule has 0 aromatic heterocycles. The normalized spacial score (nSPS) is 13.2. The van der Waals surface area contributed by atoms with Crippen molar-refractivity contribution >= 4 is 5.97 Å². The van der Waals surface area contributed by atoms with Crippen molar-refractivity contribution in [2.24, 2.45) is 5.92 Å². The third-order valence-corrected chi connectivity index (χ3v) is 2.22. The average molecular weight is 238 g/mol. The topological polar surface area (TPSA) is 46.5 Å². The summed E-state index contributed by atoms with van der Waals surface area (Å²) < 4.78 is 4.84. The summed E-state index contributed by atoms with van der Waals surface area (Å²) in [5.41, 5.74) is 0.756. The van der Waals surface area contributed by atoms with Crippen LogP contribution < -0.4 is 0 Å². The molecule has 17 heavy (non-hydrogen) atoms. The number of aliphatic hydroxyl groups excluding tert-OH is 1. The van der Waals surface area contributed by atoms with E-state index in [2.05, 4.69) is 25.3 Å². The minimum atomic E-state index is -0.601. The molecule has 0 saturated carbocycles. The standard InChI is InChI=1S/C14H22O3/c1-11(2)7-8-14(16)10-12(3)6-5-9-17-13(4)15/h12,14,16H,1,5-6,9-10H2,2-4H3. The van der Waals surface area contributed by atoms with Crippen molar-refractivity contribution in [1.82, 2.24) is 0 Å². The minimum absolute atomic E-state index is 0.245. The van der Waals surface area contributed by atoms with Gasteiger partial charge in [0.05, 0.1) is 6.61 Å². The van der Waals surface area contributed by atoms with Gasteiger partial charge in [-0.15, -0.1) is 0 Å². The summed E-state index contributed by atoms with van der Waals surface area (Å²) >= 11 is 0. The molecule has 0 bridgehead atoms. The van der Waals surface area contributed by atoms with E-state index >= 15 is 0 Å². The zero-order chi connectivity index (χ0) is 13.3. The molecule has 0 amide bonds. The maximum Gasteiger partial charge on any atom is 0.302 e. The lowest BCUT2D eigenvalue weighted by Gasteiger charge is -2.12. The van der Waals surface area contributed by atoms with E-state index < -0.39 is 6.10 Å². The van der Waals surface area contributed by atoms with Gasteiger partial charge in [0.1, 0.15) is 6.10 Å². The molecule has 0 rings (SSSR count). The number of esters is 1. The fourth-order valence-electron chi connectivity index (χ4n) is 1.41. The van der Waals surface area contributed by atoms with Gasteiger partial charge in [0.15, 0.2) is 0 Å². The molecule has 0 heterocycles. The number of hydrogen-bond acceptors (Lipinski definition) is 3. The molecule has 1 N–H and O–H groups in total. The van der Waals surface area contributed by atoms with Crippen molar-refractivity contribution in [1.29, 1.82) is 0 Å². The molecule has 96 valence electrons. The Kier molecular flexibility index (Phi) is 8.17. The summed E-state index contributed by atoms with van der Waals surface area (Å²) in [4.78, 5) is 10.5. The van der Waals surface area contributed by atoms with Gasteiger partial charge in [0.25, 0.3) is 0 Å². The number of carbonyl (C=O) groups excluding carboxylic acids is 1. The van der Waals surface area contributed by atoms with Gasteiger partial charge in [-0.3, -0.25) is 4.79 Å². The van der Waals surface area contributed by atoms with Crippen LogP contribution in [0.25, 0.3) is 0 Å². The molecule has 0 fully saturated rings. The third kappa shape index (κ3) is 11.0. The number of allylic oxidation sites excluding steroid dienone is 1. The smallest absolute Gasteiger partial charge is 0.302 e. The van der Waals surface area contributed by atoms with E-state index in [1.807, 2.05) is 6.92 Å². The molecule has 0 aliphatic rings. The van der Waals surface area contributed by atoms with Gasteiger partial charge in [-0.2, -0.15) is 0 Å². The summed E-state index contributed by atoms with van der Waals surface area (Å²) in [7, 11) is 0. The Balaban J connectivity index is 3.72. The first-order valence-electron chi connectivity index (χ1n) is 5.90. The third-order valence-electron chi connectivity index (χ3n) is 2.22. The molecule has 0 aliphatic heterocycles. The predicted molar refractivity (Wildman–Crippen MR) is 68.2 cm³/mol. The highest BCUT2D eigenvalue weighted by Gasteiger charge is 2.08. The fraction of sp³-hybridized carbons (Fsp3) is 0.643. The van der Waals surface area contributed by atoms with Crippen LogP contribution in [-0.4, -0.2) is 23.8 Å². The van der Waals surface area contributed by atoms with Crippen molar-refractivity contribution in [2.75, 3.05) is 6.61 Å². The van der Waals surface area contributed by atoms with E-state index in [4.69, 9.17) is 4.74 Å². The highest BCUT2D eigenvalue weighted by atomic mass is 16.5. The van der Waals surface area contributed by atoms with E-state index in [1.165, 1.54) is 6.92 Å². The molecule has 2 atom stereocenters. The lowest BCUT2D eigenvalue weighted by molar-refractivity contribution is -0.141. The maximum absolute atomic E-state index is 10.5. The van der Waals surface area contributed by atoms with Crippen LogP contribution >= 0.6 is 0 Å². The van der Waals surface area contributed by atoms with E-state index in [0.29, 0.717) is 18.9 Å². The number of ether oxygens (including phenoxy) is 1. The summed E-state index contributed by atoms with van der Waals surface area (Å²) in [5, 5.41) is 9.61. The first-order chi connectivity index (χ1) is 7.91. The molecule has 3 heteroatoms. The Morgan fingerprint density at radius 2 is 2.12 bits per heavy atom. The molecular formula is C14H22O3. The highest BCUT2D eigenvalue weighted by Crippen LogP contribution is 2.12. The van der Waals surface area contributed by atoms with Crippen molar-refractivity contribution in [3.8, 4) is 11.8 Å². The van der Waals surface area contributed by atoms with Crippen LogP contribution in [0.5, 0.6) is 0 Å². The van der Waals surface area contributed by atoms with Crippen molar-refractivity contribution in [2.45, 2.75) is 46.1 Å². The van der Waals surface area contributed by atoms with Crippen LogP contribution in [0.15, 0.2) is 12.2 Å². The lowest BCUT2D eigenvalue weighted by Crippen LogP contribution is -2.10. The Morgan fingerprint density at radius 1 is 1.47 bits per heavy atom. The van der Waals surface area contributed by atoms with Crippen LogP contribution in [0.1, 0.15) is 40.0 Å². The Hall–Kier alpha value is -1.27. The van der Waals surface area contributed by atoms with E-state index in [-0.39, 0.29) is 5.97 Å². The number of carbonyl (C=O) groups is 1. The summed E-state index contributed by atoms with van der Waals surface area (Å²) in [6, 6.07) is 0. The van der Waals surface area contributed by atoms with Crippen molar-refractivity contribution < 1.29 is 14.6 Å². The van der Waals surface area contributed by atoms with Gasteiger partial charge in [-0.05, 0) is 37.7 Å². The first-order valence-corrected chi connectivity index (χ1v) is 5.90. The average Bonchev–Trinajstić information content (AvgIpc) is 2.21. The molecule has 0 saturated heterocycles. The Labute approximate surface area is 104 Å². The first kappa shape index (κ1) is 15.7. The van der Waals surface area contributed by atoms with Gasteiger partial charge in [0.2, 0.25) is 0 Å². The minimum Gasteiger partial charge on any atom is -0.466 e. The number of aliphatic hydroxyl groups is 1. The Morgan fingerprint density at radius 3 is 2.65 bits per heavy atom. The zero-order valence-electron chi connectivity index (χ0n) is 11.0. The monoisotopic (exact) mass is 238 g/mol. The number of hydrogen-bond donors (Lipinski definition) is 1. The highest BCUT2D eigenvalue weighted by molar-refractivity contribution is 5.65. The van der Waals surface area contributed by atoms with E-state index in [1.54, 1.807) is 0 Å². The summed E-state index contributed by atoms with van der Waals surface area (Å²) in [6.45, 7) is 9.37. The second kappa shape index (κ2) is 8.83. The summed E-state index contributed by atoms with van der Waals surface area (Å²) in [6.07, 6.45) is 1.77. The van der Waals surface area contributed by atoms with Crippen LogP contribution in [-0.2, 0) is 9.53 Å². The molecule has 0 aliphatic carbocycles. The summed E-state index contributed by atoms with van der Waals surface area (Å²) in [5.74, 6) is 5.63. The van der Waals surface area contributed by atoms with Crippen LogP contribution in [0.3, 0.4) is 0 Å². The lowest BCUT2D eigenvalue weighted by atomic mass is 9.98. The molecule has 2 unspecified atom stereocenters. The van der Waals surface area contributed by atoms with Crippen molar-refractivity contribution in [3.05, 3.63) is 12.2 Å². The molecular weight excluding hydrogens is 216 g/mol. The molecule has 0 radical (unpaired) electrons. The Bertz CT molecular complexity index is 309. The SMILES string of the molecule is C=C(C)C#CC(O)CC(C)CCCOC(C)=O. The maximum atomic E-state index is 10.5. The van der Waals surface area contributed by atoms with Crippen LogP contribution in [0.4, 0.5) is 0 Å². The van der Waals surface area contributed by atoms with Gasteiger partial charge in [0, 0.05) is 6.92 Å². The molecule has 3 nitrogen and oxygen atoms in total. The molecule has 0 aromatic rings. The second-order valence-corrected chi connectivity index (χ2v) is 4.39. The second-order valence-electron chi connectivity index (χ2n) is 4.39. The van der Waals surface area contributed by atoms with Crippen LogP contribution in [0.2, 0.25) is 0 Å². The predicted octanol–water partition coefficient (Wildman–Crippen LogP) is 2.30. The van der Waals surface area contributed by atoms with Crippen molar-refractivity contribution in [3.63, 3.8) is 0 Å². The van der Waals surface area contributed by atoms with E-state index in [9.17, 15) is 9.90 Å². The quantitative estimate of drug-likeness (QED) is 0.439. The fourth-order valence-corrected chi connectivity index (χ4v) is 1.41. The van der Waals surface area contributed by atoms with E-state index in [0.717, 1.165) is 18.4 Å².